The van der Waals surface area contributed by atoms with Crippen LogP contribution in [0.3, 0.4) is 0 Å². The van der Waals surface area contributed by atoms with E-state index in [2.05, 4.69) is 37.3 Å². The van der Waals surface area contributed by atoms with Gasteiger partial charge in [-0.2, -0.15) is 5.10 Å². The van der Waals surface area contributed by atoms with Crippen LogP contribution in [0.5, 0.6) is 0 Å². The molecule has 0 radical (unpaired) electrons. The van der Waals surface area contributed by atoms with Crippen LogP contribution < -0.4 is 10.2 Å². The molecule has 1 N–H and O–H groups in total. The van der Waals surface area contributed by atoms with Crippen molar-refractivity contribution in [3.63, 3.8) is 0 Å². The highest BCUT2D eigenvalue weighted by Gasteiger charge is 2.31. The van der Waals surface area contributed by atoms with Gasteiger partial charge in [0.25, 0.3) is 5.91 Å². The molecule has 1 aliphatic carbocycles. The number of rotatable bonds is 5. The lowest BCUT2D eigenvalue weighted by molar-refractivity contribution is 0.102. The molecule has 148 valence electrons. The van der Waals surface area contributed by atoms with Gasteiger partial charge < -0.3 is 10.2 Å². The Labute approximate surface area is 170 Å². The molecule has 3 aromatic rings. The monoisotopic (exact) mass is 388 g/mol. The molecule has 2 fully saturated rings. The minimum Gasteiger partial charge on any atom is -0.369 e. The second-order valence-electron chi connectivity index (χ2n) is 7.61. The van der Waals surface area contributed by atoms with Crippen molar-refractivity contribution in [3.8, 4) is 5.69 Å². The van der Waals surface area contributed by atoms with Gasteiger partial charge in [-0.05, 0) is 55.3 Å². The maximum atomic E-state index is 12.5. The molecule has 1 aromatic carbocycles. The summed E-state index contributed by atoms with van der Waals surface area (Å²) >= 11 is 0. The third-order valence-corrected chi connectivity index (χ3v) is 5.60. The smallest absolute Gasteiger partial charge is 0.276 e. The second-order valence-corrected chi connectivity index (χ2v) is 7.61. The minimum absolute atomic E-state index is 0.224. The molecule has 0 unspecified atom stereocenters. The first-order chi connectivity index (χ1) is 14.3. The summed E-state index contributed by atoms with van der Waals surface area (Å²) in [5, 5.41) is 7.27. The largest absolute Gasteiger partial charge is 0.369 e. The Morgan fingerprint density at radius 3 is 2.45 bits per heavy atom. The van der Waals surface area contributed by atoms with Gasteiger partial charge in [0, 0.05) is 56.0 Å². The van der Waals surface area contributed by atoms with Crippen LogP contribution in [0.2, 0.25) is 0 Å². The van der Waals surface area contributed by atoms with Crippen molar-refractivity contribution in [3.05, 3.63) is 66.7 Å². The maximum Gasteiger partial charge on any atom is 0.276 e. The van der Waals surface area contributed by atoms with Gasteiger partial charge in [0.2, 0.25) is 0 Å². The number of nitrogens with zero attached hydrogens (tertiary/aromatic N) is 5. The van der Waals surface area contributed by atoms with Gasteiger partial charge in [-0.25, -0.2) is 4.68 Å². The van der Waals surface area contributed by atoms with E-state index in [1.54, 1.807) is 29.3 Å². The SMILES string of the molecule is O=C(Nc1ccc(N2CCN(C3CC3)CC2)cc1)c1ccn(-c2cccnc2)n1. The second kappa shape index (κ2) is 7.67. The zero-order valence-electron chi connectivity index (χ0n) is 16.2. The maximum absolute atomic E-state index is 12.5. The van der Waals surface area contributed by atoms with Crippen LogP contribution >= 0.6 is 0 Å². The topological polar surface area (TPSA) is 66.3 Å². The van der Waals surface area contributed by atoms with Crippen LogP contribution in [-0.4, -0.2) is 57.8 Å². The van der Waals surface area contributed by atoms with Crippen molar-refractivity contribution in [1.82, 2.24) is 19.7 Å². The molecule has 5 rings (SSSR count). The van der Waals surface area contributed by atoms with Crippen molar-refractivity contribution in [1.29, 1.82) is 0 Å². The van der Waals surface area contributed by atoms with Crippen molar-refractivity contribution < 1.29 is 4.79 Å². The number of carbonyl (C=O) groups excluding carboxylic acids is 1. The summed E-state index contributed by atoms with van der Waals surface area (Å²) in [6.45, 7) is 4.41. The van der Waals surface area contributed by atoms with Gasteiger partial charge in [0.15, 0.2) is 5.69 Å². The Morgan fingerprint density at radius 2 is 1.76 bits per heavy atom. The van der Waals surface area contributed by atoms with E-state index in [9.17, 15) is 4.79 Å². The number of hydrogen-bond acceptors (Lipinski definition) is 5. The number of carbonyl (C=O) groups is 1. The van der Waals surface area contributed by atoms with Crippen LogP contribution in [0.15, 0.2) is 61.1 Å². The predicted octanol–water partition coefficient (Wildman–Crippen LogP) is 2.80. The van der Waals surface area contributed by atoms with Crippen molar-refractivity contribution >= 4 is 17.3 Å². The van der Waals surface area contributed by atoms with Gasteiger partial charge in [-0.3, -0.25) is 14.7 Å². The van der Waals surface area contributed by atoms with Gasteiger partial charge in [0.1, 0.15) is 0 Å². The van der Waals surface area contributed by atoms with E-state index in [-0.39, 0.29) is 5.91 Å². The summed E-state index contributed by atoms with van der Waals surface area (Å²) < 4.78 is 1.65. The molecule has 0 bridgehead atoms. The van der Waals surface area contributed by atoms with Gasteiger partial charge in [-0.1, -0.05) is 0 Å². The highest BCUT2D eigenvalue weighted by atomic mass is 16.1. The Morgan fingerprint density at radius 1 is 0.966 bits per heavy atom. The predicted molar refractivity (Wildman–Crippen MR) is 113 cm³/mol. The minimum atomic E-state index is -0.224. The van der Waals surface area contributed by atoms with E-state index in [0.717, 1.165) is 43.6 Å². The Balaban J connectivity index is 1.20. The highest BCUT2D eigenvalue weighted by molar-refractivity contribution is 6.02. The standard InChI is InChI=1S/C22H24N6O/c29-22(21-9-11-28(25-21)20-2-1-10-23-16-20)24-17-3-5-18(6-4-17)26-12-14-27(15-13-26)19-7-8-19/h1-6,9-11,16,19H,7-8,12-15H2,(H,24,29). The molecule has 7 heteroatoms. The molecule has 29 heavy (non-hydrogen) atoms. The summed E-state index contributed by atoms with van der Waals surface area (Å²) in [5.74, 6) is -0.224. The van der Waals surface area contributed by atoms with Gasteiger partial charge in [0.05, 0.1) is 11.9 Å². The van der Waals surface area contributed by atoms with E-state index in [0.29, 0.717) is 5.69 Å². The number of aromatic nitrogens is 3. The molecule has 1 aliphatic heterocycles. The average molecular weight is 388 g/mol. The zero-order valence-corrected chi connectivity index (χ0v) is 16.2. The fourth-order valence-electron chi connectivity index (χ4n) is 3.81. The molecule has 1 saturated carbocycles. The first kappa shape index (κ1) is 17.9. The summed E-state index contributed by atoms with van der Waals surface area (Å²) in [6.07, 6.45) is 7.91. The summed E-state index contributed by atoms with van der Waals surface area (Å²) in [6, 6.07) is 14.4. The first-order valence-corrected chi connectivity index (χ1v) is 10.1. The van der Waals surface area contributed by atoms with Crippen LogP contribution in [0.4, 0.5) is 11.4 Å². The van der Waals surface area contributed by atoms with Crippen molar-refractivity contribution in [2.75, 3.05) is 36.4 Å². The number of pyridine rings is 1. The number of nitrogens with one attached hydrogen (secondary N) is 1. The van der Waals surface area contributed by atoms with E-state index in [4.69, 9.17) is 0 Å². The van der Waals surface area contributed by atoms with E-state index in [1.165, 1.54) is 18.5 Å². The lowest BCUT2D eigenvalue weighted by atomic mass is 10.2. The third kappa shape index (κ3) is 4.00. The van der Waals surface area contributed by atoms with E-state index in [1.807, 2.05) is 24.3 Å². The van der Waals surface area contributed by atoms with E-state index >= 15 is 0 Å². The van der Waals surface area contributed by atoms with E-state index < -0.39 is 0 Å². The van der Waals surface area contributed by atoms with Crippen LogP contribution in [0.25, 0.3) is 5.69 Å². The van der Waals surface area contributed by atoms with Crippen molar-refractivity contribution in [2.45, 2.75) is 18.9 Å². The zero-order chi connectivity index (χ0) is 19.6. The Hall–Kier alpha value is -3.19. The Bertz CT molecular complexity index is 972. The van der Waals surface area contributed by atoms with Crippen LogP contribution in [-0.2, 0) is 0 Å². The fourth-order valence-corrected chi connectivity index (χ4v) is 3.81. The Kier molecular flexibility index (Phi) is 4.73. The molecular weight excluding hydrogens is 364 g/mol. The van der Waals surface area contributed by atoms with Crippen LogP contribution in [0.1, 0.15) is 23.3 Å². The molecule has 2 aromatic heterocycles. The fraction of sp³-hybridized carbons (Fsp3) is 0.318. The number of amides is 1. The molecule has 0 spiro atoms. The molecular formula is C22H24N6O. The lowest BCUT2D eigenvalue weighted by Gasteiger charge is -2.36. The summed E-state index contributed by atoms with van der Waals surface area (Å²) in [7, 11) is 0. The average Bonchev–Trinajstić information content (AvgIpc) is 3.51. The molecule has 1 saturated heterocycles. The number of benzene rings is 1. The number of hydrogen-bond donors (Lipinski definition) is 1. The van der Waals surface area contributed by atoms with Crippen LogP contribution in [0, 0.1) is 0 Å². The summed E-state index contributed by atoms with van der Waals surface area (Å²) in [4.78, 5) is 21.6. The number of piperazine rings is 1. The molecule has 1 amide bonds. The molecule has 3 heterocycles. The highest BCUT2D eigenvalue weighted by Crippen LogP contribution is 2.28. The number of anilines is 2. The quantitative estimate of drug-likeness (QED) is 0.728. The van der Waals surface area contributed by atoms with Gasteiger partial charge in [-0.15, -0.1) is 0 Å². The molecule has 2 aliphatic rings. The first-order valence-electron chi connectivity index (χ1n) is 10.1. The summed E-state index contributed by atoms with van der Waals surface area (Å²) in [5.41, 5.74) is 3.16. The molecule has 0 atom stereocenters. The lowest BCUT2D eigenvalue weighted by Crippen LogP contribution is -2.47. The molecule has 7 nitrogen and oxygen atoms in total. The van der Waals surface area contributed by atoms with Crippen molar-refractivity contribution in [2.24, 2.45) is 0 Å². The normalized spacial score (nSPS) is 17.3. The van der Waals surface area contributed by atoms with Gasteiger partial charge >= 0.3 is 0 Å². The third-order valence-electron chi connectivity index (χ3n) is 5.60.